The predicted octanol–water partition coefficient (Wildman–Crippen LogP) is 5.98. The van der Waals surface area contributed by atoms with Crippen molar-refractivity contribution in [3.05, 3.63) is 47.2 Å². The quantitative estimate of drug-likeness (QED) is 0.241. The number of fused-ring (bicyclic) bond motifs is 5. The van der Waals surface area contributed by atoms with Crippen LogP contribution in [0.15, 0.2) is 41.7 Å². The van der Waals surface area contributed by atoms with E-state index in [1.54, 1.807) is 30.3 Å². The average Bonchev–Trinajstić information content (AvgIpc) is 3.03. The topological polar surface area (TPSA) is 129 Å². The molecule has 2 unspecified atom stereocenters. The predicted molar refractivity (Wildman–Crippen MR) is 179 cm³/mol. The molecular weight excluding hydrogens is 616 g/mol. The molecule has 9 atom stereocenters. The van der Waals surface area contributed by atoms with Gasteiger partial charge in [0.25, 0.3) is 8.32 Å². The van der Waals surface area contributed by atoms with E-state index in [0.29, 0.717) is 18.4 Å². The third-order valence-electron chi connectivity index (χ3n) is 12.9. The van der Waals surface area contributed by atoms with Crippen molar-refractivity contribution in [1.82, 2.24) is 0 Å². The Kier molecular flexibility index (Phi) is 9.45. The maximum Gasteiger partial charge on any atom is 0.338 e. The zero-order valence-corrected chi connectivity index (χ0v) is 30.6. The molecule has 1 aromatic rings. The molecule has 5 rings (SSSR count). The van der Waals surface area contributed by atoms with Crippen molar-refractivity contribution in [2.45, 2.75) is 129 Å². The van der Waals surface area contributed by atoms with Crippen molar-refractivity contribution in [1.29, 1.82) is 0 Å². The molecule has 1 heterocycles. The Balaban J connectivity index is 1.89. The zero-order chi connectivity index (χ0) is 34.7. The number of ether oxygens (including phenoxy) is 3. The van der Waals surface area contributed by atoms with E-state index in [2.05, 4.69) is 20.8 Å². The molecule has 0 radical (unpaired) electrons. The van der Waals surface area contributed by atoms with E-state index in [1.807, 2.05) is 34.6 Å². The van der Waals surface area contributed by atoms with Gasteiger partial charge in [-0.25, -0.2) is 4.79 Å². The molecule has 9 nitrogen and oxygen atoms in total. The van der Waals surface area contributed by atoms with Crippen molar-refractivity contribution >= 4 is 26.0 Å². The largest absolute Gasteiger partial charge is 0.541 e. The van der Waals surface area contributed by atoms with Crippen molar-refractivity contribution in [2.75, 3.05) is 6.61 Å². The van der Waals surface area contributed by atoms with E-state index in [4.69, 9.17) is 18.6 Å². The minimum absolute atomic E-state index is 0.0135. The summed E-state index contributed by atoms with van der Waals surface area (Å²) in [5.41, 5.74) is -4.91. The number of carbonyl (C=O) groups is 3. The van der Waals surface area contributed by atoms with Gasteiger partial charge in [-0.05, 0) is 48.2 Å². The summed E-state index contributed by atoms with van der Waals surface area (Å²) in [6.45, 7) is 17.1. The third kappa shape index (κ3) is 5.15. The van der Waals surface area contributed by atoms with Gasteiger partial charge >= 0.3 is 11.9 Å². The zero-order valence-electron chi connectivity index (χ0n) is 29.6. The van der Waals surface area contributed by atoms with E-state index < -0.39 is 72.4 Å². The molecule has 4 aliphatic rings. The fourth-order valence-electron chi connectivity index (χ4n) is 9.66. The van der Waals surface area contributed by atoms with Crippen LogP contribution in [0.2, 0.25) is 18.1 Å². The average molecular weight is 671 g/mol. The minimum Gasteiger partial charge on any atom is -0.541 e. The molecule has 10 heteroatoms. The Hall–Kier alpha value is -2.53. The van der Waals surface area contributed by atoms with Crippen molar-refractivity contribution in [3.63, 3.8) is 0 Å². The molecule has 1 saturated heterocycles. The summed E-state index contributed by atoms with van der Waals surface area (Å²) in [6, 6.07) is 10.9. The van der Waals surface area contributed by atoms with Gasteiger partial charge in [0, 0.05) is 30.1 Å². The SMILES string of the molecule is CC[C@H]1C[C@H]2OC[C@@]2(OC(C)=O)C2[C@H](OC(=O)c3ccccc3)[C@]3(O)C[C@H](O)C(C)C(=C(O[Si](CC)(CC)CC)C(=O)[C@@]21C)C3(C)C. The Bertz CT molecular complexity index is 1410. The molecule has 3 fully saturated rings. The summed E-state index contributed by atoms with van der Waals surface area (Å²) >= 11 is 0. The second-order valence-electron chi connectivity index (χ2n) is 15.2. The van der Waals surface area contributed by atoms with Crippen LogP contribution in [-0.4, -0.2) is 72.4 Å². The van der Waals surface area contributed by atoms with Crippen molar-refractivity contribution < 1.29 is 43.2 Å². The van der Waals surface area contributed by atoms with Crippen LogP contribution in [0.1, 0.15) is 91.9 Å². The maximum absolute atomic E-state index is 15.8. The molecule has 0 amide bonds. The van der Waals surface area contributed by atoms with E-state index in [9.17, 15) is 19.8 Å². The highest BCUT2D eigenvalue weighted by atomic mass is 28.4. The Morgan fingerprint density at radius 3 is 2.17 bits per heavy atom. The van der Waals surface area contributed by atoms with Gasteiger partial charge < -0.3 is 28.8 Å². The summed E-state index contributed by atoms with van der Waals surface area (Å²) in [5.74, 6) is -3.05. The number of carbonyl (C=O) groups excluding carboxylic acids is 3. The number of Topliss-reactive ketones (excluding diaryl/α,β-unsaturated/α-hetero) is 1. The number of allylic oxidation sites excluding steroid dienone is 1. The number of aliphatic hydroxyl groups excluding tert-OH is 1. The first-order chi connectivity index (χ1) is 22.0. The molecule has 2 bridgehead atoms. The normalized spacial score (nSPS) is 37.8. The molecule has 0 spiro atoms. The molecule has 2 N–H and O–H groups in total. The number of hydrogen-bond acceptors (Lipinski definition) is 9. The van der Waals surface area contributed by atoms with Gasteiger partial charge in [-0.1, -0.05) is 80.0 Å². The number of hydrogen-bond donors (Lipinski definition) is 2. The number of esters is 2. The van der Waals surface area contributed by atoms with E-state index in [-0.39, 0.29) is 36.1 Å². The van der Waals surface area contributed by atoms with Crippen LogP contribution in [-0.2, 0) is 28.2 Å². The van der Waals surface area contributed by atoms with Gasteiger partial charge in [0.05, 0.1) is 24.2 Å². The van der Waals surface area contributed by atoms with Gasteiger partial charge in [0.1, 0.15) is 23.6 Å². The van der Waals surface area contributed by atoms with Gasteiger partial charge in [-0.2, -0.15) is 0 Å². The van der Waals surface area contributed by atoms with Gasteiger partial charge in [0.15, 0.2) is 5.60 Å². The Morgan fingerprint density at radius 2 is 1.66 bits per heavy atom. The number of ketones is 1. The molecule has 1 aliphatic heterocycles. The lowest BCUT2D eigenvalue weighted by atomic mass is 9.43. The lowest BCUT2D eigenvalue weighted by Gasteiger charge is -2.68. The molecule has 47 heavy (non-hydrogen) atoms. The van der Waals surface area contributed by atoms with Gasteiger partial charge in [0.2, 0.25) is 5.78 Å². The van der Waals surface area contributed by atoms with Crippen molar-refractivity contribution in [2.24, 2.45) is 28.6 Å². The Morgan fingerprint density at radius 1 is 1.04 bits per heavy atom. The van der Waals surface area contributed by atoms with Crippen LogP contribution >= 0.6 is 0 Å². The molecule has 2 saturated carbocycles. The number of rotatable bonds is 9. The summed E-state index contributed by atoms with van der Waals surface area (Å²) in [7, 11) is -2.49. The Labute approximate surface area is 280 Å². The fraction of sp³-hybridized carbons (Fsp3) is 0.703. The molecule has 1 aromatic carbocycles. The summed E-state index contributed by atoms with van der Waals surface area (Å²) in [4.78, 5) is 42.7. The fourth-order valence-corrected chi connectivity index (χ4v) is 12.2. The third-order valence-corrected chi connectivity index (χ3v) is 17.4. The highest BCUT2D eigenvalue weighted by molar-refractivity contribution is 6.74. The van der Waals surface area contributed by atoms with E-state index in [1.165, 1.54) is 6.92 Å². The van der Waals surface area contributed by atoms with Crippen LogP contribution in [0.25, 0.3) is 0 Å². The number of benzene rings is 1. The summed E-state index contributed by atoms with van der Waals surface area (Å²) in [6.07, 6.45) is -2.08. The highest BCUT2D eigenvalue weighted by Crippen LogP contribution is 2.66. The molecular formula is C37H54O9Si. The van der Waals surface area contributed by atoms with E-state index in [0.717, 1.165) is 18.1 Å². The summed E-state index contributed by atoms with van der Waals surface area (Å²) in [5, 5.41) is 25.1. The van der Waals surface area contributed by atoms with Gasteiger partial charge in [-0.15, -0.1) is 0 Å². The first-order valence-electron chi connectivity index (χ1n) is 17.5. The lowest BCUT2D eigenvalue weighted by Crippen LogP contribution is -2.80. The highest BCUT2D eigenvalue weighted by Gasteiger charge is 2.77. The van der Waals surface area contributed by atoms with Crippen LogP contribution < -0.4 is 0 Å². The number of aliphatic hydroxyl groups is 2. The van der Waals surface area contributed by atoms with Crippen LogP contribution in [0, 0.1) is 28.6 Å². The minimum atomic E-state index is -2.49. The lowest BCUT2D eigenvalue weighted by molar-refractivity contribution is -0.341. The smallest absolute Gasteiger partial charge is 0.338 e. The monoisotopic (exact) mass is 670 g/mol. The standard InChI is InChI=1S/C37H54O9Si/c1-10-25-19-27-36(21-43-27,45-23(6)38)30-32(44-33(41)24-17-15-14-16-18-24)37(42)20-26(39)22(5)28(34(37,7)8)29(31(40)35(25,30)9)46-47(11-2,12-3)13-4/h14-18,22,25-27,30,32,39,42H,10-13,19-21H2,1-9H3/t22?,25-,26-,27+,30?,32-,35+,36-,37+/m0/s1. The second kappa shape index (κ2) is 12.4. The first kappa shape index (κ1) is 35.8. The van der Waals surface area contributed by atoms with Crippen LogP contribution in [0.5, 0.6) is 0 Å². The van der Waals surface area contributed by atoms with E-state index >= 15 is 4.79 Å². The first-order valence-corrected chi connectivity index (χ1v) is 20.0. The van der Waals surface area contributed by atoms with Crippen LogP contribution in [0.4, 0.5) is 0 Å². The van der Waals surface area contributed by atoms with Crippen molar-refractivity contribution in [3.8, 4) is 0 Å². The van der Waals surface area contributed by atoms with Gasteiger partial charge in [-0.3, -0.25) is 9.59 Å². The maximum atomic E-state index is 15.8. The molecule has 0 aromatic heterocycles. The summed E-state index contributed by atoms with van der Waals surface area (Å²) < 4.78 is 26.0. The van der Waals surface area contributed by atoms with Crippen LogP contribution in [0.3, 0.4) is 0 Å². The second-order valence-corrected chi connectivity index (χ2v) is 19.9. The molecule has 3 aliphatic carbocycles. The molecule has 260 valence electrons.